The maximum absolute atomic E-state index is 5.85. The highest BCUT2D eigenvalue weighted by Crippen LogP contribution is 2.28. The van der Waals surface area contributed by atoms with E-state index in [-0.39, 0.29) is 0 Å². The molecule has 0 saturated carbocycles. The summed E-state index contributed by atoms with van der Waals surface area (Å²) in [5.41, 5.74) is 1.20. The zero-order valence-corrected chi connectivity index (χ0v) is 14.0. The molecule has 0 aliphatic carbocycles. The molecule has 0 amide bonds. The topological polar surface area (TPSA) is 39.1 Å². The van der Waals surface area contributed by atoms with Gasteiger partial charge in [-0.15, -0.1) is 0 Å². The lowest BCUT2D eigenvalue weighted by atomic mass is 9.88. The first-order valence-corrected chi connectivity index (χ1v) is 8.56. The molecule has 0 aromatic carbocycles. The number of aromatic nitrogens is 2. The Morgan fingerprint density at radius 1 is 1.38 bits per heavy atom. The Kier molecular flexibility index (Phi) is 6.24. The van der Waals surface area contributed by atoms with Crippen molar-refractivity contribution in [2.75, 3.05) is 13.7 Å². The number of nitrogens with one attached hydrogen (secondary N) is 1. The lowest BCUT2D eigenvalue weighted by Crippen LogP contribution is -2.39. The molecule has 1 aromatic heterocycles. The van der Waals surface area contributed by atoms with Crippen molar-refractivity contribution in [3.8, 4) is 0 Å². The van der Waals surface area contributed by atoms with Crippen molar-refractivity contribution in [3.05, 3.63) is 18.0 Å². The summed E-state index contributed by atoms with van der Waals surface area (Å²) in [7, 11) is 2.06. The molecular formula is C17H31N3O. The van der Waals surface area contributed by atoms with Crippen LogP contribution in [0.15, 0.2) is 12.3 Å². The van der Waals surface area contributed by atoms with Crippen LogP contribution in [0.3, 0.4) is 0 Å². The van der Waals surface area contributed by atoms with Crippen LogP contribution in [0.1, 0.15) is 58.2 Å². The van der Waals surface area contributed by atoms with E-state index in [0.717, 1.165) is 38.7 Å². The molecule has 1 fully saturated rings. The summed E-state index contributed by atoms with van der Waals surface area (Å²) in [6, 6.07) is 3.17. The number of nitrogens with zero attached hydrogens (tertiary/aromatic N) is 2. The van der Waals surface area contributed by atoms with Crippen LogP contribution in [0.5, 0.6) is 0 Å². The third-order valence-electron chi connectivity index (χ3n) is 4.96. The van der Waals surface area contributed by atoms with Gasteiger partial charge in [0.2, 0.25) is 0 Å². The summed E-state index contributed by atoms with van der Waals surface area (Å²) in [5.74, 6) is 0.610. The minimum Gasteiger partial charge on any atom is -0.378 e. The van der Waals surface area contributed by atoms with Crippen LogP contribution < -0.4 is 5.32 Å². The SMILES string of the molecule is CCC1OCCC1C(Cc1ccn(C(CC)CC)n1)NC. The predicted molar refractivity (Wildman–Crippen MR) is 86.5 cm³/mol. The van der Waals surface area contributed by atoms with Crippen LogP contribution in [0, 0.1) is 5.92 Å². The first kappa shape index (κ1) is 16.5. The standard InChI is InChI=1S/C17H31N3O/c1-5-14(6-2)20-10-8-13(19-20)12-16(18-4)15-9-11-21-17(15)7-3/h8,10,14-18H,5-7,9,11-12H2,1-4H3. The number of hydrogen-bond acceptors (Lipinski definition) is 3. The van der Waals surface area contributed by atoms with E-state index in [0.29, 0.717) is 24.1 Å². The smallest absolute Gasteiger partial charge is 0.0640 e. The van der Waals surface area contributed by atoms with E-state index in [1.165, 1.54) is 5.69 Å². The molecule has 1 N–H and O–H groups in total. The van der Waals surface area contributed by atoms with Gasteiger partial charge < -0.3 is 10.1 Å². The summed E-state index contributed by atoms with van der Waals surface area (Å²) >= 11 is 0. The average Bonchev–Trinajstić information content (AvgIpc) is 3.15. The molecule has 4 nitrogen and oxygen atoms in total. The summed E-state index contributed by atoms with van der Waals surface area (Å²) in [6.07, 6.45) is 8.09. The largest absolute Gasteiger partial charge is 0.378 e. The highest BCUT2D eigenvalue weighted by atomic mass is 16.5. The first-order chi connectivity index (χ1) is 10.2. The van der Waals surface area contributed by atoms with Crippen molar-refractivity contribution in [3.63, 3.8) is 0 Å². The highest BCUT2D eigenvalue weighted by molar-refractivity contribution is 5.04. The molecule has 3 atom stereocenters. The fourth-order valence-electron chi connectivity index (χ4n) is 3.59. The molecule has 1 saturated heterocycles. The van der Waals surface area contributed by atoms with E-state index in [4.69, 9.17) is 9.84 Å². The Balaban J connectivity index is 2.02. The summed E-state index contributed by atoms with van der Waals surface area (Å²) in [6.45, 7) is 7.59. The van der Waals surface area contributed by atoms with Gasteiger partial charge in [0.25, 0.3) is 0 Å². The molecule has 1 aromatic rings. The van der Waals surface area contributed by atoms with Gasteiger partial charge in [-0.1, -0.05) is 20.8 Å². The van der Waals surface area contributed by atoms with Crippen molar-refractivity contribution < 1.29 is 4.74 Å². The second-order valence-corrected chi connectivity index (χ2v) is 6.13. The van der Waals surface area contributed by atoms with E-state index in [1.54, 1.807) is 0 Å². The third kappa shape index (κ3) is 3.86. The average molecular weight is 293 g/mol. The quantitative estimate of drug-likeness (QED) is 0.800. The Morgan fingerprint density at radius 2 is 2.14 bits per heavy atom. The van der Waals surface area contributed by atoms with Crippen LogP contribution in [0.25, 0.3) is 0 Å². The van der Waals surface area contributed by atoms with E-state index in [9.17, 15) is 0 Å². The zero-order valence-electron chi connectivity index (χ0n) is 14.0. The van der Waals surface area contributed by atoms with Crippen molar-refractivity contribution in [2.45, 2.75) is 71.1 Å². The second-order valence-electron chi connectivity index (χ2n) is 6.13. The van der Waals surface area contributed by atoms with Gasteiger partial charge >= 0.3 is 0 Å². The number of hydrogen-bond donors (Lipinski definition) is 1. The van der Waals surface area contributed by atoms with Gasteiger partial charge in [-0.25, -0.2) is 0 Å². The van der Waals surface area contributed by atoms with Crippen molar-refractivity contribution in [1.82, 2.24) is 15.1 Å². The molecule has 1 aliphatic heterocycles. The van der Waals surface area contributed by atoms with E-state index in [2.05, 4.69) is 50.1 Å². The van der Waals surface area contributed by atoms with Gasteiger partial charge in [-0.3, -0.25) is 4.68 Å². The Labute approximate surface area is 129 Å². The van der Waals surface area contributed by atoms with E-state index < -0.39 is 0 Å². The minimum atomic E-state index is 0.406. The van der Waals surface area contributed by atoms with Gasteiger partial charge in [0.15, 0.2) is 0 Å². The highest BCUT2D eigenvalue weighted by Gasteiger charge is 2.33. The molecule has 3 unspecified atom stereocenters. The van der Waals surface area contributed by atoms with Crippen molar-refractivity contribution in [1.29, 1.82) is 0 Å². The van der Waals surface area contributed by atoms with E-state index in [1.807, 2.05) is 0 Å². The molecule has 120 valence electrons. The van der Waals surface area contributed by atoms with Gasteiger partial charge in [-0.05, 0) is 38.8 Å². The summed E-state index contributed by atoms with van der Waals surface area (Å²) in [5, 5.41) is 8.29. The van der Waals surface area contributed by atoms with Crippen LogP contribution in [0.2, 0.25) is 0 Å². The molecular weight excluding hydrogens is 262 g/mol. The molecule has 1 aliphatic rings. The fourth-order valence-corrected chi connectivity index (χ4v) is 3.59. The molecule has 0 radical (unpaired) electrons. The van der Waals surface area contributed by atoms with Gasteiger partial charge in [0.1, 0.15) is 0 Å². The Bertz CT molecular complexity index is 414. The summed E-state index contributed by atoms with van der Waals surface area (Å²) in [4.78, 5) is 0. The first-order valence-electron chi connectivity index (χ1n) is 8.56. The minimum absolute atomic E-state index is 0.406. The molecule has 21 heavy (non-hydrogen) atoms. The van der Waals surface area contributed by atoms with Crippen LogP contribution in [-0.2, 0) is 11.2 Å². The Morgan fingerprint density at radius 3 is 2.76 bits per heavy atom. The normalized spacial score (nSPS) is 23.9. The maximum atomic E-state index is 5.85. The zero-order chi connectivity index (χ0) is 15.2. The second kappa shape index (κ2) is 7.95. The predicted octanol–water partition coefficient (Wildman–Crippen LogP) is 3.19. The third-order valence-corrected chi connectivity index (χ3v) is 4.96. The lowest BCUT2D eigenvalue weighted by molar-refractivity contribution is 0.0782. The number of likely N-dealkylation sites (N-methyl/N-ethyl adjacent to an activating group) is 1. The van der Waals surface area contributed by atoms with Crippen molar-refractivity contribution in [2.24, 2.45) is 5.92 Å². The molecule has 4 heteroatoms. The number of ether oxygens (including phenoxy) is 1. The summed E-state index contributed by atoms with van der Waals surface area (Å²) < 4.78 is 7.99. The van der Waals surface area contributed by atoms with Crippen LogP contribution >= 0.6 is 0 Å². The monoisotopic (exact) mass is 293 g/mol. The molecule has 0 bridgehead atoms. The number of rotatable bonds is 8. The molecule has 2 heterocycles. The van der Waals surface area contributed by atoms with Crippen LogP contribution in [-0.4, -0.2) is 35.6 Å². The van der Waals surface area contributed by atoms with Gasteiger partial charge in [-0.2, -0.15) is 5.10 Å². The fraction of sp³-hybridized carbons (Fsp3) is 0.824. The maximum Gasteiger partial charge on any atom is 0.0640 e. The van der Waals surface area contributed by atoms with Crippen molar-refractivity contribution >= 4 is 0 Å². The molecule has 0 spiro atoms. The Hall–Kier alpha value is -0.870. The van der Waals surface area contributed by atoms with E-state index >= 15 is 0 Å². The lowest BCUT2D eigenvalue weighted by Gasteiger charge is -2.26. The molecule has 2 rings (SSSR count). The van der Waals surface area contributed by atoms with Crippen LogP contribution in [0.4, 0.5) is 0 Å². The van der Waals surface area contributed by atoms with Gasteiger partial charge in [0, 0.05) is 31.2 Å². The van der Waals surface area contributed by atoms with Gasteiger partial charge in [0.05, 0.1) is 17.8 Å².